The summed E-state index contributed by atoms with van der Waals surface area (Å²) >= 11 is 0. The molecule has 1 aromatic carbocycles. The van der Waals surface area contributed by atoms with Gasteiger partial charge in [0, 0.05) is 11.1 Å². The van der Waals surface area contributed by atoms with Gasteiger partial charge in [-0.3, -0.25) is 9.78 Å². The molecule has 0 amide bonds. The topological polar surface area (TPSA) is 18.5 Å². The first-order valence-corrected chi connectivity index (χ1v) is 11.5. The van der Waals surface area contributed by atoms with Crippen LogP contribution >= 0.6 is 0 Å². The van der Waals surface area contributed by atoms with E-state index in [1.165, 1.54) is 11.1 Å². The van der Waals surface area contributed by atoms with Crippen molar-refractivity contribution < 1.29 is 9.78 Å². The van der Waals surface area contributed by atoms with E-state index in [4.69, 9.17) is 9.78 Å². The molecule has 0 N–H and O–H groups in total. The van der Waals surface area contributed by atoms with E-state index in [0.717, 1.165) is 34.6 Å². The normalized spacial score (nSPS) is 16.4. The quantitative estimate of drug-likeness (QED) is 0.356. The lowest BCUT2D eigenvalue weighted by molar-refractivity contribution is -0.166. The van der Waals surface area contributed by atoms with E-state index in [0.29, 0.717) is 0 Å². The highest BCUT2D eigenvalue weighted by Gasteiger charge is 2.32. The van der Waals surface area contributed by atoms with Gasteiger partial charge in [-0.1, -0.05) is 113 Å². The molecule has 0 spiro atoms. The number of rotatable bonds is 3. The van der Waals surface area contributed by atoms with Crippen molar-refractivity contribution in [3.8, 4) is 5.75 Å². The van der Waals surface area contributed by atoms with E-state index in [2.05, 4.69) is 108 Å². The van der Waals surface area contributed by atoms with Crippen LogP contribution in [0.4, 0.5) is 0 Å². The molecule has 1 aromatic rings. The van der Waals surface area contributed by atoms with Crippen molar-refractivity contribution in [2.75, 3.05) is 0 Å². The highest BCUT2D eigenvalue weighted by Crippen LogP contribution is 2.44. The maximum absolute atomic E-state index is 6.08. The summed E-state index contributed by atoms with van der Waals surface area (Å²) in [7, 11) is 0. The van der Waals surface area contributed by atoms with Gasteiger partial charge in [0.2, 0.25) is 0 Å². The standard InChI is InChI=1S/C29H44O2/c1-19-16-21(27(5,6)7)18-23(29(11,12)13)25(19)31-30-24-15-14-20(26(2,3)4)17-22(24)28(8,9)10/h14-15,17-18H,1,16H2,2-13H3. The lowest BCUT2D eigenvalue weighted by Crippen LogP contribution is -2.22. The first kappa shape index (κ1) is 25.3. The third kappa shape index (κ3) is 6.05. The minimum absolute atomic E-state index is 0.0654. The third-order valence-electron chi connectivity index (χ3n) is 5.93. The zero-order valence-electron chi connectivity index (χ0n) is 22.0. The van der Waals surface area contributed by atoms with Crippen LogP contribution in [0.3, 0.4) is 0 Å². The van der Waals surface area contributed by atoms with Gasteiger partial charge in [-0.05, 0) is 45.3 Å². The maximum Gasteiger partial charge on any atom is 0.185 e. The summed E-state index contributed by atoms with van der Waals surface area (Å²) in [6, 6.07) is 6.44. The Labute approximate surface area is 191 Å². The highest BCUT2D eigenvalue weighted by atomic mass is 17.2. The predicted molar refractivity (Wildman–Crippen MR) is 133 cm³/mol. The summed E-state index contributed by atoms with van der Waals surface area (Å²) in [5, 5.41) is 0. The van der Waals surface area contributed by atoms with Crippen molar-refractivity contribution in [1.29, 1.82) is 0 Å². The van der Waals surface area contributed by atoms with Gasteiger partial charge < -0.3 is 0 Å². The van der Waals surface area contributed by atoms with Crippen LogP contribution in [0.25, 0.3) is 0 Å². The summed E-state index contributed by atoms with van der Waals surface area (Å²) in [6.45, 7) is 31.1. The summed E-state index contributed by atoms with van der Waals surface area (Å²) in [4.78, 5) is 12.1. The Morgan fingerprint density at radius 1 is 0.710 bits per heavy atom. The average Bonchev–Trinajstić information content (AvgIpc) is 2.56. The highest BCUT2D eigenvalue weighted by molar-refractivity contribution is 5.48. The Hall–Kier alpha value is -1.96. The zero-order valence-corrected chi connectivity index (χ0v) is 22.0. The van der Waals surface area contributed by atoms with Crippen LogP contribution in [0.5, 0.6) is 5.75 Å². The second-order valence-electron chi connectivity index (χ2n) is 13.1. The Bertz CT molecular complexity index is 898. The van der Waals surface area contributed by atoms with Gasteiger partial charge in [-0.15, -0.1) is 0 Å². The molecule has 0 atom stereocenters. The van der Waals surface area contributed by atoms with Crippen molar-refractivity contribution in [2.24, 2.45) is 10.8 Å². The first-order valence-electron chi connectivity index (χ1n) is 11.5. The minimum atomic E-state index is -0.0818. The molecule has 2 nitrogen and oxygen atoms in total. The Morgan fingerprint density at radius 3 is 1.74 bits per heavy atom. The zero-order chi connectivity index (χ0) is 24.0. The molecular formula is C29H44O2. The van der Waals surface area contributed by atoms with E-state index in [1.807, 2.05) is 6.07 Å². The summed E-state index contributed by atoms with van der Waals surface area (Å²) in [5.41, 5.74) is 5.94. The number of benzene rings is 1. The Balaban J connectivity index is 2.50. The molecule has 2 heteroatoms. The van der Waals surface area contributed by atoms with E-state index in [1.54, 1.807) is 0 Å². The lowest BCUT2D eigenvalue weighted by Gasteiger charge is -2.33. The monoisotopic (exact) mass is 424 g/mol. The molecule has 0 aliphatic heterocycles. The smallest absolute Gasteiger partial charge is 0.185 e. The molecule has 0 saturated carbocycles. The maximum atomic E-state index is 6.08. The molecule has 2 rings (SSSR count). The van der Waals surface area contributed by atoms with E-state index in [-0.39, 0.29) is 21.7 Å². The van der Waals surface area contributed by atoms with E-state index < -0.39 is 0 Å². The predicted octanol–water partition coefficient (Wildman–Crippen LogP) is 8.82. The summed E-state index contributed by atoms with van der Waals surface area (Å²) in [6.07, 6.45) is 3.09. The molecule has 0 heterocycles. The Morgan fingerprint density at radius 2 is 1.29 bits per heavy atom. The molecule has 0 unspecified atom stereocenters. The van der Waals surface area contributed by atoms with Gasteiger partial charge in [0.15, 0.2) is 11.5 Å². The Kier molecular flexibility index (Phi) is 6.68. The van der Waals surface area contributed by atoms with Gasteiger partial charge in [-0.2, -0.15) is 0 Å². The van der Waals surface area contributed by atoms with Crippen LogP contribution < -0.4 is 4.89 Å². The van der Waals surface area contributed by atoms with E-state index >= 15 is 0 Å². The second-order valence-corrected chi connectivity index (χ2v) is 13.1. The van der Waals surface area contributed by atoms with Gasteiger partial charge in [0.05, 0.1) is 0 Å². The van der Waals surface area contributed by atoms with Crippen LogP contribution in [0.1, 0.15) is 101 Å². The van der Waals surface area contributed by atoms with Crippen molar-refractivity contribution in [1.82, 2.24) is 0 Å². The molecule has 31 heavy (non-hydrogen) atoms. The number of hydrogen-bond donors (Lipinski definition) is 0. The van der Waals surface area contributed by atoms with Gasteiger partial charge in [0.25, 0.3) is 0 Å². The molecule has 0 aromatic heterocycles. The van der Waals surface area contributed by atoms with Crippen molar-refractivity contribution >= 4 is 0 Å². The summed E-state index contributed by atoms with van der Waals surface area (Å²) < 4.78 is 0. The van der Waals surface area contributed by atoms with Crippen LogP contribution in [0.15, 0.2) is 53.3 Å². The molecule has 1 aliphatic carbocycles. The molecule has 1 aliphatic rings. The second kappa shape index (κ2) is 8.19. The fraction of sp³-hybridized carbons (Fsp3) is 0.586. The fourth-order valence-electron chi connectivity index (χ4n) is 3.68. The number of hydrogen-bond acceptors (Lipinski definition) is 2. The van der Waals surface area contributed by atoms with Gasteiger partial charge in [0.1, 0.15) is 0 Å². The largest absolute Gasteiger partial charge is 0.290 e. The van der Waals surface area contributed by atoms with Crippen LogP contribution in [0.2, 0.25) is 0 Å². The van der Waals surface area contributed by atoms with Crippen LogP contribution in [0, 0.1) is 10.8 Å². The summed E-state index contributed by atoms with van der Waals surface area (Å²) in [5.74, 6) is 1.53. The average molecular weight is 425 g/mol. The van der Waals surface area contributed by atoms with Gasteiger partial charge in [-0.25, -0.2) is 0 Å². The molecule has 0 radical (unpaired) electrons. The molecule has 0 bridgehead atoms. The molecule has 0 saturated heterocycles. The van der Waals surface area contributed by atoms with Crippen molar-refractivity contribution in [2.45, 2.75) is 100 Å². The number of allylic oxidation sites excluding steroid dienone is 4. The van der Waals surface area contributed by atoms with Gasteiger partial charge >= 0.3 is 0 Å². The first-order chi connectivity index (χ1) is 13.8. The van der Waals surface area contributed by atoms with Crippen molar-refractivity contribution in [3.05, 3.63) is 64.5 Å². The fourth-order valence-corrected chi connectivity index (χ4v) is 3.68. The van der Waals surface area contributed by atoms with Crippen molar-refractivity contribution in [3.63, 3.8) is 0 Å². The van der Waals surface area contributed by atoms with E-state index in [9.17, 15) is 0 Å². The molecule has 0 fully saturated rings. The minimum Gasteiger partial charge on any atom is -0.290 e. The third-order valence-corrected chi connectivity index (χ3v) is 5.93. The SMILES string of the molecule is C=C1CC(C(C)(C)C)=CC(C(C)(C)C)=C1OOc1ccc(C(C)(C)C)cc1C(C)(C)C. The molecule has 172 valence electrons. The lowest BCUT2D eigenvalue weighted by atomic mass is 9.73. The van der Waals surface area contributed by atoms with Crippen LogP contribution in [-0.4, -0.2) is 0 Å². The van der Waals surface area contributed by atoms with Crippen LogP contribution in [-0.2, 0) is 15.7 Å². The molecular weight excluding hydrogens is 380 g/mol.